The van der Waals surface area contributed by atoms with E-state index in [1.165, 1.54) is 22.2 Å². The molecule has 4 heterocycles. The first-order valence-electron chi connectivity index (χ1n) is 9.91. The highest BCUT2D eigenvalue weighted by molar-refractivity contribution is 8.14. The van der Waals surface area contributed by atoms with Crippen LogP contribution in [0.4, 0.5) is 0 Å². The Morgan fingerprint density at radius 1 is 1.04 bits per heavy atom. The van der Waals surface area contributed by atoms with Gasteiger partial charge in [0.1, 0.15) is 12.1 Å². The lowest BCUT2D eigenvalue weighted by molar-refractivity contribution is 0.248. The van der Waals surface area contributed by atoms with E-state index in [-0.39, 0.29) is 12.1 Å². The molecule has 2 aliphatic heterocycles. The van der Waals surface area contributed by atoms with E-state index < -0.39 is 0 Å². The van der Waals surface area contributed by atoms with Gasteiger partial charge in [-0.05, 0) is 49.7 Å². The van der Waals surface area contributed by atoms with Gasteiger partial charge in [-0.3, -0.25) is 9.98 Å². The molecule has 28 heavy (non-hydrogen) atoms. The molecule has 0 bridgehead atoms. The lowest BCUT2D eigenvalue weighted by Gasteiger charge is -2.32. The van der Waals surface area contributed by atoms with E-state index in [1.54, 1.807) is 0 Å². The molecule has 5 rings (SSSR count). The van der Waals surface area contributed by atoms with Crippen LogP contribution < -0.4 is 0 Å². The molecule has 1 fully saturated rings. The summed E-state index contributed by atoms with van der Waals surface area (Å²) < 4.78 is 2.38. The number of hydrogen-bond donors (Lipinski definition) is 0. The quantitative estimate of drug-likeness (QED) is 0.619. The van der Waals surface area contributed by atoms with E-state index in [4.69, 9.17) is 4.99 Å². The maximum Gasteiger partial charge on any atom is 0.160 e. The molecule has 3 atom stereocenters. The van der Waals surface area contributed by atoms with Crippen molar-refractivity contribution in [1.29, 1.82) is 0 Å². The first-order valence-corrected chi connectivity index (χ1v) is 10.9. The summed E-state index contributed by atoms with van der Waals surface area (Å²) in [6, 6.07) is 22.0. The summed E-state index contributed by atoms with van der Waals surface area (Å²) in [4.78, 5) is 12.4. The van der Waals surface area contributed by atoms with Crippen molar-refractivity contribution >= 4 is 16.9 Å². The Morgan fingerprint density at radius 3 is 2.61 bits per heavy atom. The molecule has 2 aliphatic rings. The van der Waals surface area contributed by atoms with Gasteiger partial charge in [0.05, 0.1) is 5.69 Å². The number of para-hydroxylation sites is 1. The molecule has 0 N–H and O–H groups in total. The number of hydrogen-bond acceptors (Lipinski definition) is 4. The van der Waals surface area contributed by atoms with Crippen molar-refractivity contribution in [2.45, 2.75) is 38.4 Å². The van der Waals surface area contributed by atoms with Crippen molar-refractivity contribution in [3.63, 3.8) is 0 Å². The Morgan fingerprint density at radius 2 is 1.86 bits per heavy atom. The van der Waals surface area contributed by atoms with Crippen LogP contribution in [0.2, 0.25) is 0 Å². The minimum atomic E-state index is 0.0230. The first kappa shape index (κ1) is 17.6. The van der Waals surface area contributed by atoms with Gasteiger partial charge in [0.2, 0.25) is 0 Å². The van der Waals surface area contributed by atoms with Gasteiger partial charge in [0.25, 0.3) is 0 Å². The minimum Gasteiger partial charge on any atom is -0.337 e. The molecule has 3 aromatic rings. The van der Waals surface area contributed by atoms with Crippen molar-refractivity contribution in [3.8, 4) is 5.69 Å². The molecule has 1 aromatic carbocycles. The third-order valence-electron chi connectivity index (χ3n) is 5.75. The molecule has 4 nitrogen and oxygen atoms in total. The number of aromatic nitrogens is 2. The molecule has 0 amide bonds. The molecule has 5 heteroatoms. The molecule has 1 saturated heterocycles. The van der Waals surface area contributed by atoms with E-state index in [2.05, 4.69) is 82.9 Å². The molecule has 0 unspecified atom stereocenters. The zero-order valence-corrected chi connectivity index (χ0v) is 17.0. The van der Waals surface area contributed by atoms with Crippen LogP contribution in [0.15, 0.2) is 71.9 Å². The van der Waals surface area contributed by atoms with Gasteiger partial charge in [-0.25, -0.2) is 0 Å². The van der Waals surface area contributed by atoms with Gasteiger partial charge in [0.15, 0.2) is 5.17 Å². The Hall–Kier alpha value is -2.53. The summed E-state index contributed by atoms with van der Waals surface area (Å²) in [5.74, 6) is 1.12. The third-order valence-corrected chi connectivity index (χ3v) is 6.88. The molecular formula is C23H24N4S. The summed E-state index contributed by atoms with van der Waals surface area (Å²) >= 11 is 1.89. The maximum atomic E-state index is 5.15. The molecule has 0 spiro atoms. The van der Waals surface area contributed by atoms with Crippen LogP contribution in [0.5, 0.6) is 0 Å². The summed E-state index contributed by atoms with van der Waals surface area (Å²) in [5.41, 5.74) is 4.78. The van der Waals surface area contributed by atoms with Crippen molar-refractivity contribution < 1.29 is 0 Å². The number of rotatable bonds is 4. The number of benzene rings is 1. The lowest BCUT2D eigenvalue weighted by Crippen LogP contribution is -2.36. The van der Waals surface area contributed by atoms with E-state index in [0.717, 1.165) is 17.9 Å². The number of pyridine rings is 1. The first-order chi connectivity index (χ1) is 13.8. The van der Waals surface area contributed by atoms with E-state index >= 15 is 0 Å². The fraction of sp³-hybridized carbons (Fsp3) is 0.304. The molecular weight excluding hydrogens is 364 g/mol. The van der Waals surface area contributed by atoms with Crippen LogP contribution in [-0.4, -0.2) is 31.4 Å². The zero-order chi connectivity index (χ0) is 19.1. The number of amidine groups is 1. The minimum absolute atomic E-state index is 0.0230. The van der Waals surface area contributed by atoms with Gasteiger partial charge in [-0.2, -0.15) is 0 Å². The van der Waals surface area contributed by atoms with E-state index in [0.29, 0.717) is 6.04 Å². The van der Waals surface area contributed by atoms with Gasteiger partial charge in [-0.1, -0.05) is 43.0 Å². The van der Waals surface area contributed by atoms with E-state index in [1.807, 2.05) is 24.0 Å². The van der Waals surface area contributed by atoms with Crippen LogP contribution in [0.25, 0.3) is 5.69 Å². The molecule has 0 aliphatic carbocycles. The largest absolute Gasteiger partial charge is 0.337 e. The number of nitrogens with zero attached hydrogens (tertiary/aromatic N) is 4. The predicted octanol–water partition coefficient (Wildman–Crippen LogP) is 5.16. The number of aliphatic imine (C=N–C) groups is 1. The molecule has 142 valence electrons. The fourth-order valence-corrected chi connectivity index (χ4v) is 5.73. The van der Waals surface area contributed by atoms with E-state index in [9.17, 15) is 0 Å². The second kappa shape index (κ2) is 7.13. The summed E-state index contributed by atoms with van der Waals surface area (Å²) in [7, 11) is 0. The van der Waals surface area contributed by atoms with Crippen LogP contribution in [0.1, 0.15) is 42.5 Å². The van der Waals surface area contributed by atoms with Gasteiger partial charge >= 0.3 is 0 Å². The second-order valence-corrected chi connectivity index (χ2v) is 8.39. The highest BCUT2D eigenvalue weighted by Gasteiger charge is 2.46. The second-order valence-electron chi connectivity index (χ2n) is 7.41. The monoisotopic (exact) mass is 388 g/mol. The van der Waals surface area contributed by atoms with Crippen LogP contribution >= 0.6 is 11.8 Å². The Labute approximate surface area is 170 Å². The number of fused-ring (bicyclic) bond motifs is 1. The Kier molecular flexibility index (Phi) is 4.47. The summed E-state index contributed by atoms with van der Waals surface area (Å²) in [5, 5.41) is 1.17. The Bertz CT molecular complexity index is 996. The zero-order valence-electron chi connectivity index (χ0n) is 16.2. The van der Waals surface area contributed by atoms with Crippen LogP contribution in [0, 0.1) is 6.92 Å². The van der Waals surface area contributed by atoms with Crippen molar-refractivity contribution in [1.82, 2.24) is 14.5 Å². The molecule has 0 radical (unpaired) electrons. The van der Waals surface area contributed by atoms with Gasteiger partial charge in [0, 0.05) is 35.1 Å². The average Bonchev–Trinajstić information content (AvgIpc) is 3.42. The van der Waals surface area contributed by atoms with Crippen molar-refractivity contribution in [3.05, 3.63) is 83.9 Å². The fourth-order valence-electron chi connectivity index (χ4n) is 4.39. The highest BCUT2D eigenvalue weighted by atomic mass is 32.2. The summed E-state index contributed by atoms with van der Waals surface area (Å²) in [6.07, 6.45) is 3.00. The predicted molar refractivity (Wildman–Crippen MR) is 116 cm³/mol. The normalized spacial score (nSPS) is 23.7. The average molecular weight is 389 g/mol. The lowest BCUT2D eigenvalue weighted by atomic mass is 9.99. The Balaban J connectivity index is 1.66. The topological polar surface area (TPSA) is 33.4 Å². The SMILES string of the molecule is CC[C@@H]1CSC2=N[C@H](c3ccccn3)[C@H](c3ccc(C)n3-c3ccccc3)N21. The number of thioether (sulfide) groups is 1. The van der Waals surface area contributed by atoms with Crippen molar-refractivity contribution in [2.75, 3.05) is 5.75 Å². The van der Waals surface area contributed by atoms with Crippen molar-refractivity contribution in [2.24, 2.45) is 4.99 Å². The summed E-state index contributed by atoms with van der Waals surface area (Å²) in [6.45, 7) is 4.46. The molecule has 2 aromatic heterocycles. The van der Waals surface area contributed by atoms with Crippen LogP contribution in [0.3, 0.4) is 0 Å². The van der Waals surface area contributed by atoms with Gasteiger partial charge in [-0.15, -0.1) is 0 Å². The third kappa shape index (κ3) is 2.76. The van der Waals surface area contributed by atoms with Crippen LogP contribution in [-0.2, 0) is 0 Å². The standard InChI is InChI=1S/C23H24N4S/c1-3-17-15-28-23-25-21(19-11-7-8-14-24-19)22(27(17)23)20-13-12-16(2)26(20)18-9-5-4-6-10-18/h4-14,17,21-22H,3,15H2,1-2H3/t17-,21-,22+/m1/s1. The van der Waals surface area contributed by atoms with Gasteiger partial charge < -0.3 is 9.47 Å². The highest BCUT2D eigenvalue weighted by Crippen LogP contribution is 2.49. The maximum absolute atomic E-state index is 5.15. The smallest absolute Gasteiger partial charge is 0.160 e. The molecule has 0 saturated carbocycles. The number of aryl methyl sites for hydroxylation is 1.